The number of primary amides is 1. The van der Waals surface area contributed by atoms with Crippen molar-refractivity contribution in [3.05, 3.63) is 42.0 Å². The molecule has 81 heavy (non-hydrogen) atoms. The van der Waals surface area contributed by atoms with E-state index in [-0.39, 0.29) is 55.0 Å². The van der Waals surface area contributed by atoms with Crippen LogP contribution in [0.4, 0.5) is 0 Å². The van der Waals surface area contributed by atoms with Crippen molar-refractivity contribution in [1.29, 1.82) is 0 Å². The van der Waals surface area contributed by atoms with Gasteiger partial charge in [-0.15, -0.1) is 0 Å². The Morgan fingerprint density at radius 1 is 0.617 bits per heavy atom. The molecule has 458 valence electrons. The highest BCUT2D eigenvalue weighted by molar-refractivity contribution is 5.99. The van der Waals surface area contributed by atoms with Crippen LogP contribution < -0.4 is 54.4 Å². The van der Waals surface area contributed by atoms with Crippen molar-refractivity contribution in [3.8, 4) is 5.75 Å². The van der Waals surface area contributed by atoms with Gasteiger partial charge >= 0.3 is 5.97 Å². The van der Waals surface area contributed by atoms with Crippen LogP contribution in [0.2, 0.25) is 0 Å². The largest absolute Gasteiger partial charge is 0.508 e. The van der Waals surface area contributed by atoms with Gasteiger partial charge in [0.05, 0.1) is 29.6 Å². The second-order valence-electron chi connectivity index (χ2n) is 23.0. The van der Waals surface area contributed by atoms with Gasteiger partial charge in [0, 0.05) is 24.3 Å². The summed E-state index contributed by atoms with van der Waals surface area (Å²) in [5, 5.41) is 39.1. The minimum Gasteiger partial charge on any atom is -0.508 e. The summed E-state index contributed by atoms with van der Waals surface area (Å²) in [6.07, 6.45) is 7.81. The third-order valence-electron chi connectivity index (χ3n) is 14.6. The summed E-state index contributed by atoms with van der Waals surface area (Å²) in [7, 11) is 0. The van der Waals surface area contributed by atoms with E-state index in [2.05, 4.69) is 37.2 Å². The number of hydrogen-bond donors (Lipinski definition) is 12. The molecular weight excluding hydrogens is 1040 g/mol. The van der Waals surface area contributed by atoms with Crippen LogP contribution in [0.1, 0.15) is 179 Å². The van der Waals surface area contributed by atoms with Gasteiger partial charge in [-0.1, -0.05) is 92.5 Å². The molecule has 1 rings (SSSR count). The second kappa shape index (κ2) is 36.3. The molecule has 15 N–H and O–H groups in total. The number of nitrogens with two attached hydrogens (primary N) is 3. The topological polar surface area (TPSA) is 373 Å². The molecule has 22 nitrogen and oxygen atoms in total. The summed E-state index contributed by atoms with van der Waals surface area (Å²) in [6, 6.07) is -1.10. The number of rotatable bonds is 41. The Morgan fingerprint density at radius 2 is 1.14 bits per heavy atom. The van der Waals surface area contributed by atoms with Crippen LogP contribution in [0.25, 0.3) is 0 Å². The predicted octanol–water partition coefficient (Wildman–Crippen LogP) is 3.63. The summed E-state index contributed by atoms with van der Waals surface area (Å²) < 4.78 is 0. The summed E-state index contributed by atoms with van der Waals surface area (Å²) in [6.45, 7) is 21.6. The first-order valence-corrected chi connectivity index (χ1v) is 28.9. The Morgan fingerprint density at radius 3 is 1.64 bits per heavy atom. The molecule has 0 unspecified atom stereocenters. The van der Waals surface area contributed by atoms with E-state index < -0.39 is 119 Å². The number of carbonyl (C=O) groups excluding carboxylic acids is 9. The summed E-state index contributed by atoms with van der Waals surface area (Å²) in [4.78, 5) is 134. The zero-order valence-corrected chi connectivity index (χ0v) is 50.3. The van der Waals surface area contributed by atoms with Gasteiger partial charge in [0.2, 0.25) is 41.4 Å². The van der Waals surface area contributed by atoms with Crippen molar-refractivity contribution < 1.29 is 58.2 Å². The standard InChI is InChI=1S/C59H100N10O12/c1-13-38(9)48(50(74)35(3)4)66-53(77)44(28-29-46(62)71)64-54(78)45(34-47(72)73)65-56(80)49(39(10)14-2)67-57(81)59(12,68-37(7)8)31-21-18-16-15-17-20-30-58(11,51(75)36(5)6)69-55(79)43(23-19-22-32-60)63-52(76)42(61)33-40-24-26-41(70)27-25-40/h15-16,24-27,35-39,42-45,48-49,68,70H,13-14,17-23,28-34,60-61H2,1-12H3,(H2,62,71)(H,63,76)(H,64,78)(H,65,80)(H,66,77)(H,67,81)(H,69,79)(H,72,73)/b16-15+/t38-,39-,42-,43-,44-,45-,48-,49-,58-,59-/m0/s1. The maximum absolute atomic E-state index is 14.3. The van der Waals surface area contributed by atoms with Crippen LogP contribution in [0, 0.1) is 23.7 Å². The van der Waals surface area contributed by atoms with Crippen LogP contribution in [0.15, 0.2) is 36.4 Å². The Balaban J connectivity index is 3.20. The number of allylic oxidation sites excluding steroid dienone is 2. The van der Waals surface area contributed by atoms with Gasteiger partial charge < -0.3 is 64.6 Å². The molecule has 0 saturated heterocycles. The van der Waals surface area contributed by atoms with Gasteiger partial charge in [-0.3, -0.25) is 47.9 Å². The molecule has 1 aromatic carbocycles. The molecule has 0 radical (unpaired) electrons. The summed E-state index contributed by atoms with van der Waals surface area (Å²) in [5.74, 6) is -8.40. The Bertz CT molecular complexity index is 2260. The van der Waals surface area contributed by atoms with Crippen LogP contribution >= 0.6 is 0 Å². The molecule has 1 aromatic rings. The van der Waals surface area contributed by atoms with Gasteiger partial charge in [0.25, 0.3) is 0 Å². The normalized spacial score (nSPS) is 16.1. The molecule has 0 fully saturated rings. The third kappa shape index (κ3) is 26.0. The van der Waals surface area contributed by atoms with E-state index in [1.807, 2.05) is 32.9 Å². The average Bonchev–Trinajstić information content (AvgIpc) is 3.44. The SMILES string of the molecule is CC[C@H](C)[C@H](NC(=O)[C@](C)(CCC/C=C/CCC[C@](C)(NC(=O)[C@H](CCCCN)NC(=O)[C@@H](N)Cc1ccc(O)cc1)C(=O)C(C)C)NC(C)C)C(=O)N[C@@H](CC(=O)O)C(=O)N[C@@H](CCC(N)=O)C(=O)N[C@H](C(=O)C(C)C)[C@@H](C)CC. The van der Waals surface area contributed by atoms with Crippen molar-refractivity contribution in [2.45, 2.75) is 233 Å². The van der Waals surface area contributed by atoms with Crippen LogP contribution in [-0.2, 0) is 54.4 Å². The Hall–Kier alpha value is -6.26. The zero-order chi connectivity index (χ0) is 61.8. The predicted molar refractivity (Wildman–Crippen MR) is 312 cm³/mol. The van der Waals surface area contributed by atoms with Crippen LogP contribution in [0.5, 0.6) is 5.75 Å². The first-order chi connectivity index (χ1) is 37.9. The molecule has 0 aliphatic carbocycles. The highest BCUT2D eigenvalue weighted by Crippen LogP contribution is 2.23. The molecule has 0 heterocycles. The fourth-order valence-corrected chi connectivity index (χ4v) is 9.35. The van der Waals surface area contributed by atoms with E-state index in [1.165, 1.54) is 12.1 Å². The summed E-state index contributed by atoms with van der Waals surface area (Å²) in [5.41, 5.74) is 15.6. The number of hydrogen-bond acceptors (Lipinski definition) is 14. The van der Waals surface area contributed by atoms with Crippen molar-refractivity contribution in [2.75, 3.05) is 6.54 Å². The molecule has 0 bridgehead atoms. The number of carboxylic acids is 1. The van der Waals surface area contributed by atoms with Crippen LogP contribution in [-0.4, -0.2) is 129 Å². The average molecular weight is 1140 g/mol. The number of amides is 7. The fraction of sp³-hybridized carbons (Fsp3) is 0.695. The highest BCUT2D eigenvalue weighted by Gasteiger charge is 2.40. The van der Waals surface area contributed by atoms with Gasteiger partial charge in [0.15, 0.2) is 11.6 Å². The lowest BCUT2D eigenvalue weighted by molar-refractivity contribution is -0.142. The number of aliphatic carboxylic acids is 1. The number of carboxylic acid groups (broad SMARTS) is 1. The van der Waals surface area contributed by atoms with E-state index in [9.17, 15) is 58.2 Å². The van der Waals surface area contributed by atoms with E-state index >= 15 is 0 Å². The molecule has 0 spiro atoms. The number of aromatic hydroxyl groups is 1. The first-order valence-electron chi connectivity index (χ1n) is 28.9. The Labute approximate surface area is 480 Å². The number of phenolic OH excluding ortho intramolecular Hbond substituents is 1. The highest BCUT2D eigenvalue weighted by atomic mass is 16.4. The van der Waals surface area contributed by atoms with E-state index in [1.54, 1.807) is 74.4 Å². The maximum Gasteiger partial charge on any atom is 0.305 e. The number of nitrogens with one attached hydrogen (secondary N) is 7. The quantitative estimate of drug-likeness (QED) is 0.0329. The third-order valence-corrected chi connectivity index (χ3v) is 14.6. The van der Waals surface area contributed by atoms with Crippen molar-refractivity contribution in [1.82, 2.24) is 37.2 Å². The number of unbranched alkanes of at least 4 members (excludes halogenated alkanes) is 3. The molecular formula is C59H100N10O12. The van der Waals surface area contributed by atoms with Gasteiger partial charge in [0.1, 0.15) is 29.9 Å². The van der Waals surface area contributed by atoms with E-state index in [4.69, 9.17) is 17.2 Å². The van der Waals surface area contributed by atoms with Crippen molar-refractivity contribution in [2.24, 2.45) is 40.9 Å². The summed E-state index contributed by atoms with van der Waals surface area (Å²) >= 11 is 0. The number of carbonyl (C=O) groups is 10. The van der Waals surface area contributed by atoms with E-state index in [0.29, 0.717) is 70.8 Å². The van der Waals surface area contributed by atoms with Gasteiger partial charge in [-0.25, -0.2) is 0 Å². The number of Topliss-reactive ketones (excluding diaryl/α,β-unsaturated/α-hetero) is 2. The zero-order valence-electron chi connectivity index (χ0n) is 50.3. The maximum atomic E-state index is 14.3. The second-order valence-corrected chi connectivity index (χ2v) is 23.0. The van der Waals surface area contributed by atoms with Crippen molar-refractivity contribution >= 4 is 58.9 Å². The monoisotopic (exact) mass is 1140 g/mol. The molecule has 0 saturated carbocycles. The minimum atomic E-state index is -1.72. The Kier molecular flexibility index (Phi) is 32.6. The molecule has 22 heteroatoms. The molecule has 10 atom stereocenters. The lowest BCUT2D eigenvalue weighted by Gasteiger charge is -2.35. The number of benzene rings is 1. The smallest absolute Gasteiger partial charge is 0.305 e. The van der Waals surface area contributed by atoms with E-state index in [0.717, 1.165) is 5.56 Å². The number of ketones is 2. The van der Waals surface area contributed by atoms with Crippen LogP contribution in [0.3, 0.4) is 0 Å². The first kappa shape index (κ1) is 72.8. The minimum absolute atomic E-state index is 0.0788. The fourth-order valence-electron chi connectivity index (χ4n) is 9.35. The molecule has 0 aromatic heterocycles. The van der Waals surface area contributed by atoms with Gasteiger partial charge in [-0.2, -0.15) is 0 Å². The molecule has 7 amide bonds. The van der Waals surface area contributed by atoms with Gasteiger partial charge in [-0.05, 0) is 134 Å². The molecule has 0 aliphatic heterocycles. The number of phenols is 1. The lowest BCUT2D eigenvalue weighted by atomic mass is 9.84. The van der Waals surface area contributed by atoms with Crippen molar-refractivity contribution in [3.63, 3.8) is 0 Å². The molecule has 0 aliphatic rings. The lowest BCUT2D eigenvalue weighted by Crippen LogP contribution is -2.63.